The van der Waals surface area contributed by atoms with Crippen LogP contribution in [-0.4, -0.2) is 92.8 Å². The molecular weight excluding hydrogens is 613 g/mol. The molecule has 4 heterocycles. The van der Waals surface area contributed by atoms with Gasteiger partial charge in [0, 0.05) is 50.7 Å². The Morgan fingerprint density at radius 1 is 0.872 bits per heavy atom. The zero-order valence-corrected chi connectivity index (χ0v) is 27.4. The van der Waals surface area contributed by atoms with Crippen molar-refractivity contribution in [2.45, 2.75) is 51.2 Å². The molecule has 244 valence electrons. The second kappa shape index (κ2) is 14.9. The van der Waals surface area contributed by atoms with Crippen molar-refractivity contribution in [2.24, 2.45) is 0 Å². The molecule has 2 aliphatic heterocycles. The smallest absolute Gasteiger partial charge is 0.264 e. The van der Waals surface area contributed by atoms with E-state index in [9.17, 15) is 19.2 Å². The molecule has 2 bridgehead atoms. The number of hydrogen-bond donors (Lipinski definition) is 1. The van der Waals surface area contributed by atoms with Gasteiger partial charge in [0.15, 0.2) is 5.78 Å². The summed E-state index contributed by atoms with van der Waals surface area (Å²) < 4.78 is 1.85. The van der Waals surface area contributed by atoms with E-state index in [2.05, 4.69) is 27.4 Å². The maximum absolute atomic E-state index is 14.0. The molecule has 3 amide bonds. The van der Waals surface area contributed by atoms with Crippen molar-refractivity contribution < 1.29 is 19.2 Å². The van der Waals surface area contributed by atoms with E-state index < -0.39 is 6.04 Å². The van der Waals surface area contributed by atoms with Gasteiger partial charge in [0.2, 0.25) is 5.91 Å². The molecule has 0 unspecified atom stereocenters. The van der Waals surface area contributed by atoms with Gasteiger partial charge in [-0.05, 0) is 87.2 Å². The lowest BCUT2D eigenvalue weighted by Gasteiger charge is -2.31. The summed E-state index contributed by atoms with van der Waals surface area (Å²) in [5, 5.41) is 7.44. The molecule has 2 aromatic heterocycles. The number of carbonyl (C=O) groups excluding carboxylic acids is 4. The van der Waals surface area contributed by atoms with Gasteiger partial charge in [-0.15, -0.1) is 11.3 Å². The van der Waals surface area contributed by atoms with Crippen LogP contribution < -0.4 is 5.32 Å². The second-order valence-electron chi connectivity index (χ2n) is 12.2. The molecule has 2 aromatic carbocycles. The van der Waals surface area contributed by atoms with Crippen LogP contribution in [0.1, 0.15) is 67.9 Å². The van der Waals surface area contributed by atoms with Gasteiger partial charge in [-0.2, -0.15) is 5.10 Å². The molecular formula is C36H40N6O4S. The topological polar surface area (TPSA) is 108 Å². The summed E-state index contributed by atoms with van der Waals surface area (Å²) in [6.45, 7) is 5.11. The van der Waals surface area contributed by atoms with Crippen LogP contribution in [0.4, 0.5) is 0 Å². The molecule has 0 radical (unpaired) electrons. The molecule has 2 atom stereocenters. The highest BCUT2D eigenvalue weighted by Crippen LogP contribution is 2.29. The number of carbonyl (C=O) groups is 4. The number of likely N-dealkylation sites (tertiary alicyclic amines) is 1. The van der Waals surface area contributed by atoms with Crippen LogP contribution in [0.3, 0.4) is 0 Å². The van der Waals surface area contributed by atoms with E-state index in [4.69, 9.17) is 0 Å². The van der Waals surface area contributed by atoms with Crippen molar-refractivity contribution in [1.29, 1.82) is 0 Å². The van der Waals surface area contributed by atoms with Crippen molar-refractivity contribution in [2.75, 3.05) is 32.7 Å². The Morgan fingerprint density at radius 2 is 1.68 bits per heavy atom. The molecule has 10 nitrogen and oxygen atoms in total. The molecule has 2 fully saturated rings. The third kappa shape index (κ3) is 7.69. The number of rotatable bonds is 6. The fraction of sp³-hybridized carbons (Fsp3) is 0.361. The molecule has 4 aromatic rings. The number of benzene rings is 2. The molecule has 11 heteroatoms. The van der Waals surface area contributed by atoms with Gasteiger partial charge in [-0.1, -0.05) is 30.3 Å². The zero-order chi connectivity index (χ0) is 32.8. The zero-order valence-electron chi connectivity index (χ0n) is 26.6. The van der Waals surface area contributed by atoms with E-state index in [0.29, 0.717) is 34.8 Å². The summed E-state index contributed by atoms with van der Waals surface area (Å²) in [6, 6.07) is 21.7. The Labute approximate surface area is 279 Å². The number of aromatic nitrogens is 2. The normalized spacial score (nSPS) is 19.6. The molecule has 6 rings (SSSR count). The Hall–Kier alpha value is -4.61. The van der Waals surface area contributed by atoms with Gasteiger partial charge in [-0.25, -0.2) is 4.68 Å². The van der Waals surface area contributed by atoms with Crippen molar-refractivity contribution >= 4 is 34.8 Å². The van der Waals surface area contributed by atoms with Crippen LogP contribution in [0.25, 0.3) is 5.69 Å². The van der Waals surface area contributed by atoms with Gasteiger partial charge in [-0.3, -0.25) is 24.1 Å². The van der Waals surface area contributed by atoms with Crippen LogP contribution in [0.2, 0.25) is 0 Å². The summed E-state index contributed by atoms with van der Waals surface area (Å²) in [5.41, 5.74) is 2.77. The standard InChI is InChI=1S/C36H40N6O4S/c1-26(43)32-14-15-33(47-32)36(46)41-25-30-23-31(41)34(44)37-16-5-6-18-39(19-9-20-40(30)35(45)28-11-3-2-4-12-28)24-27-10-7-13-29(22-27)42-21-8-17-38-42/h2-4,7-8,10-15,17,21-22,30-31H,5-6,9,16,18-20,23-25H2,1H3,(H,37,44)/t30-,31-/m0/s1. The highest BCUT2D eigenvalue weighted by Gasteiger charge is 2.43. The quantitative estimate of drug-likeness (QED) is 0.304. The van der Waals surface area contributed by atoms with Gasteiger partial charge in [0.05, 0.1) is 21.5 Å². The lowest BCUT2D eigenvalue weighted by Crippen LogP contribution is -2.46. The lowest BCUT2D eigenvalue weighted by atomic mass is 10.1. The highest BCUT2D eigenvalue weighted by molar-refractivity contribution is 7.15. The number of fused-ring (bicyclic) bond motifs is 2. The van der Waals surface area contributed by atoms with Gasteiger partial charge >= 0.3 is 0 Å². The fourth-order valence-electron chi connectivity index (χ4n) is 6.49. The lowest BCUT2D eigenvalue weighted by molar-refractivity contribution is -0.124. The predicted molar refractivity (Wildman–Crippen MR) is 181 cm³/mol. The minimum Gasteiger partial charge on any atom is -0.354 e. The van der Waals surface area contributed by atoms with Crippen molar-refractivity contribution in [1.82, 2.24) is 29.8 Å². The van der Waals surface area contributed by atoms with Crippen LogP contribution in [0.5, 0.6) is 0 Å². The first kappa shape index (κ1) is 32.3. The number of nitrogens with one attached hydrogen (secondary N) is 1. The Bertz CT molecular complexity index is 1700. The Balaban J connectivity index is 1.24. The number of Topliss-reactive ketones (excluding diaryl/α,β-unsaturated/α-hetero) is 1. The number of thiophene rings is 1. The largest absolute Gasteiger partial charge is 0.354 e. The minimum absolute atomic E-state index is 0.104. The Morgan fingerprint density at radius 3 is 2.45 bits per heavy atom. The van der Waals surface area contributed by atoms with E-state index in [1.54, 1.807) is 23.2 Å². The van der Waals surface area contributed by atoms with Crippen LogP contribution >= 0.6 is 11.3 Å². The molecule has 0 spiro atoms. The summed E-state index contributed by atoms with van der Waals surface area (Å²) in [4.78, 5) is 60.2. The summed E-state index contributed by atoms with van der Waals surface area (Å²) in [5.74, 6) is -0.706. The summed E-state index contributed by atoms with van der Waals surface area (Å²) in [6.07, 6.45) is 6.50. The van der Waals surface area contributed by atoms with Gasteiger partial charge < -0.3 is 15.1 Å². The van der Waals surface area contributed by atoms with E-state index >= 15 is 0 Å². The molecule has 0 saturated carbocycles. The maximum Gasteiger partial charge on any atom is 0.264 e. The number of ketones is 1. The first-order chi connectivity index (χ1) is 22.9. The fourth-order valence-corrected chi connectivity index (χ4v) is 7.35. The Kier molecular flexibility index (Phi) is 10.2. The van der Waals surface area contributed by atoms with Crippen LogP contribution in [0.15, 0.2) is 85.2 Å². The highest BCUT2D eigenvalue weighted by atomic mass is 32.1. The second-order valence-corrected chi connectivity index (χ2v) is 13.3. The number of amides is 3. The van der Waals surface area contributed by atoms with E-state index in [1.807, 2.05) is 64.3 Å². The third-order valence-corrected chi connectivity index (χ3v) is 10.1. The average Bonchev–Trinajstić information content (AvgIpc) is 3.88. The average molecular weight is 653 g/mol. The maximum atomic E-state index is 14.0. The molecule has 2 saturated heterocycles. The van der Waals surface area contributed by atoms with Crippen LogP contribution in [-0.2, 0) is 11.3 Å². The molecule has 1 N–H and O–H groups in total. The first-order valence-electron chi connectivity index (χ1n) is 16.2. The predicted octanol–water partition coefficient (Wildman–Crippen LogP) is 4.66. The van der Waals surface area contributed by atoms with E-state index in [0.717, 1.165) is 55.9 Å². The SMILES string of the molecule is CC(=O)c1ccc(C(=O)N2C[C@@H]3C[C@H]2C(=O)NCCCCN(Cc2cccc(-n4cccn4)c2)CCCN3C(=O)c2ccccc2)s1. The monoisotopic (exact) mass is 652 g/mol. The van der Waals surface area contributed by atoms with E-state index in [-0.39, 0.29) is 36.1 Å². The van der Waals surface area contributed by atoms with Gasteiger partial charge in [0.25, 0.3) is 11.8 Å². The van der Waals surface area contributed by atoms with Crippen molar-refractivity contribution in [3.63, 3.8) is 0 Å². The van der Waals surface area contributed by atoms with Crippen molar-refractivity contribution in [3.8, 4) is 5.69 Å². The summed E-state index contributed by atoms with van der Waals surface area (Å²) in [7, 11) is 0. The minimum atomic E-state index is -0.706. The van der Waals surface area contributed by atoms with Crippen LogP contribution in [0, 0.1) is 0 Å². The molecule has 0 aliphatic carbocycles. The third-order valence-electron chi connectivity index (χ3n) is 8.89. The summed E-state index contributed by atoms with van der Waals surface area (Å²) >= 11 is 1.14. The number of hydrogen-bond acceptors (Lipinski definition) is 7. The molecule has 47 heavy (non-hydrogen) atoms. The first-order valence-corrected chi connectivity index (χ1v) is 17.1. The van der Waals surface area contributed by atoms with E-state index in [1.165, 1.54) is 12.5 Å². The number of nitrogens with zero attached hydrogens (tertiary/aromatic N) is 5. The van der Waals surface area contributed by atoms with Crippen molar-refractivity contribution in [3.05, 3.63) is 106 Å². The molecule has 2 aliphatic rings. The van der Waals surface area contributed by atoms with Gasteiger partial charge in [0.1, 0.15) is 6.04 Å².